The molecule has 0 aromatic carbocycles. The first-order valence-electron chi connectivity index (χ1n) is 6.13. The average Bonchev–Trinajstić information content (AvgIpc) is 2.68. The maximum Gasteiger partial charge on any atom is 0.220 e. The standard InChI is InChI=1S/C12H22ClNO/c1-2-5-11(13)9-14-12(15)8-10-6-3-4-7-10/h10-11H,2-9H2,1H3,(H,14,15). The van der Waals surface area contributed by atoms with Crippen molar-refractivity contribution in [1.29, 1.82) is 0 Å². The lowest BCUT2D eigenvalue weighted by atomic mass is 10.0. The number of carbonyl (C=O) groups excluding carboxylic acids is 1. The van der Waals surface area contributed by atoms with Gasteiger partial charge >= 0.3 is 0 Å². The average molecular weight is 232 g/mol. The zero-order valence-electron chi connectivity index (χ0n) is 9.60. The van der Waals surface area contributed by atoms with Crippen molar-refractivity contribution < 1.29 is 4.79 Å². The molecule has 2 nitrogen and oxygen atoms in total. The molecule has 1 aliphatic carbocycles. The topological polar surface area (TPSA) is 29.1 Å². The first kappa shape index (κ1) is 12.8. The van der Waals surface area contributed by atoms with E-state index in [-0.39, 0.29) is 11.3 Å². The Bertz CT molecular complexity index is 190. The molecule has 1 rings (SSSR count). The number of hydrogen-bond donors (Lipinski definition) is 1. The number of halogens is 1. The van der Waals surface area contributed by atoms with Crippen LogP contribution in [-0.2, 0) is 4.79 Å². The lowest BCUT2D eigenvalue weighted by Crippen LogP contribution is -2.30. The maximum atomic E-state index is 11.5. The van der Waals surface area contributed by atoms with Gasteiger partial charge in [0.2, 0.25) is 5.91 Å². The summed E-state index contributed by atoms with van der Waals surface area (Å²) in [5.74, 6) is 0.814. The lowest BCUT2D eigenvalue weighted by molar-refractivity contribution is -0.121. The van der Waals surface area contributed by atoms with Gasteiger partial charge in [-0.25, -0.2) is 0 Å². The van der Waals surface area contributed by atoms with Crippen molar-refractivity contribution in [2.75, 3.05) is 6.54 Å². The monoisotopic (exact) mass is 231 g/mol. The number of nitrogens with one attached hydrogen (secondary N) is 1. The van der Waals surface area contributed by atoms with Gasteiger partial charge < -0.3 is 5.32 Å². The molecule has 1 saturated carbocycles. The number of carbonyl (C=O) groups is 1. The highest BCUT2D eigenvalue weighted by Crippen LogP contribution is 2.27. The van der Waals surface area contributed by atoms with Gasteiger partial charge in [0.05, 0.1) is 5.38 Å². The molecule has 1 amide bonds. The van der Waals surface area contributed by atoms with Gasteiger partial charge in [-0.05, 0) is 25.2 Å². The first-order chi connectivity index (χ1) is 7.22. The third-order valence-corrected chi connectivity index (χ3v) is 3.44. The fraction of sp³-hybridized carbons (Fsp3) is 0.917. The van der Waals surface area contributed by atoms with Gasteiger partial charge in [0.15, 0.2) is 0 Å². The van der Waals surface area contributed by atoms with Crippen LogP contribution in [0.3, 0.4) is 0 Å². The zero-order chi connectivity index (χ0) is 11.1. The molecule has 1 fully saturated rings. The Labute approximate surface area is 97.8 Å². The van der Waals surface area contributed by atoms with E-state index in [2.05, 4.69) is 12.2 Å². The van der Waals surface area contributed by atoms with Crippen molar-refractivity contribution in [2.24, 2.45) is 5.92 Å². The van der Waals surface area contributed by atoms with Crippen LogP contribution in [0.25, 0.3) is 0 Å². The predicted octanol–water partition coefficient (Wildman–Crippen LogP) is 3.09. The largest absolute Gasteiger partial charge is 0.355 e. The summed E-state index contributed by atoms with van der Waals surface area (Å²) in [5.41, 5.74) is 0. The van der Waals surface area contributed by atoms with Crippen LogP contribution in [0.15, 0.2) is 0 Å². The fourth-order valence-corrected chi connectivity index (χ4v) is 2.48. The SMILES string of the molecule is CCCC(Cl)CNC(=O)CC1CCCC1. The molecule has 1 unspecified atom stereocenters. The second kappa shape index (κ2) is 7.10. The Morgan fingerprint density at radius 2 is 2.13 bits per heavy atom. The molecule has 0 spiro atoms. The van der Waals surface area contributed by atoms with Crippen molar-refractivity contribution >= 4 is 17.5 Å². The van der Waals surface area contributed by atoms with Crippen LogP contribution in [0.1, 0.15) is 51.9 Å². The molecule has 0 aromatic heterocycles. The summed E-state index contributed by atoms with van der Waals surface area (Å²) >= 11 is 6.03. The summed E-state index contributed by atoms with van der Waals surface area (Å²) in [7, 11) is 0. The maximum absolute atomic E-state index is 11.5. The summed E-state index contributed by atoms with van der Waals surface area (Å²) < 4.78 is 0. The molecule has 0 saturated heterocycles. The van der Waals surface area contributed by atoms with Gasteiger partial charge in [-0.2, -0.15) is 0 Å². The van der Waals surface area contributed by atoms with Gasteiger partial charge in [-0.15, -0.1) is 11.6 Å². The van der Waals surface area contributed by atoms with Crippen molar-refractivity contribution in [3.8, 4) is 0 Å². The van der Waals surface area contributed by atoms with E-state index in [1.165, 1.54) is 25.7 Å². The quantitative estimate of drug-likeness (QED) is 0.700. The molecular formula is C12H22ClNO. The van der Waals surface area contributed by atoms with E-state index in [9.17, 15) is 4.79 Å². The van der Waals surface area contributed by atoms with Crippen molar-refractivity contribution in [2.45, 2.75) is 57.2 Å². The Hall–Kier alpha value is -0.240. The molecule has 3 heteroatoms. The van der Waals surface area contributed by atoms with Crippen molar-refractivity contribution in [3.63, 3.8) is 0 Å². The summed E-state index contributed by atoms with van der Waals surface area (Å²) in [5, 5.41) is 3.02. The van der Waals surface area contributed by atoms with E-state index in [0.29, 0.717) is 18.9 Å². The molecule has 1 N–H and O–H groups in total. The summed E-state index contributed by atoms with van der Waals surface area (Å²) in [6, 6.07) is 0. The number of hydrogen-bond acceptors (Lipinski definition) is 1. The van der Waals surface area contributed by atoms with E-state index >= 15 is 0 Å². The van der Waals surface area contributed by atoms with Gasteiger partial charge in [-0.1, -0.05) is 26.2 Å². The fourth-order valence-electron chi connectivity index (χ4n) is 2.19. The third kappa shape index (κ3) is 5.41. The zero-order valence-corrected chi connectivity index (χ0v) is 10.4. The van der Waals surface area contributed by atoms with Crippen LogP contribution >= 0.6 is 11.6 Å². The molecule has 0 aliphatic heterocycles. The minimum atomic E-state index is 0.0996. The molecule has 15 heavy (non-hydrogen) atoms. The smallest absolute Gasteiger partial charge is 0.220 e. The number of rotatable bonds is 6. The Balaban J connectivity index is 2.07. The Morgan fingerprint density at radius 1 is 1.47 bits per heavy atom. The molecule has 88 valence electrons. The second-order valence-corrected chi connectivity index (χ2v) is 5.16. The Kier molecular flexibility index (Phi) is 6.07. The summed E-state index contributed by atoms with van der Waals surface area (Å²) in [6.07, 6.45) is 7.81. The molecule has 0 aromatic rings. The predicted molar refractivity (Wildman–Crippen MR) is 64.1 cm³/mol. The van der Waals surface area contributed by atoms with Crippen LogP contribution in [0.2, 0.25) is 0 Å². The van der Waals surface area contributed by atoms with Crippen LogP contribution in [0, 0.1) is 5.92 Å². The highest BCUT2D eigenvalue weighted by molar-refractivity contribution is 6.20. The molecular weight excluding hydrogens is 210 g/mol. The van der Waals surface area contributed by atoms with E-state index in [4.69, 9.17) is 11.6 Å². The highest BCUT2D eigenvalue weighted by atomic mass is 35.5. The van der Waals surface area contributed by atoms with Gasteiger partial charge in [0.1, 0.15) is 0 Å². The van der Waals surface area contributed by atoms with Crippen LogP contribution in [0.4, 0.5) is 0 Å². The molecule has 0 radical (unpaired) electrons. The van der Waals surface area contributed by atoms with Crippen molar-refractivity contribution in [1.82, 2.24) is 5.32 Å². The lowest BCUT2D eigenvalue weighted by Gasteiger charge is -2.12. The minimum absolute atomic E-state index is 0.0996. The molecule has 0 bridgehead atoms. The van der Waals surface area contributed by atoms with Crippen molar-refractivity contribution in [3.05, 3.63) is 0 Å². The molecule has 1 atom stereocenters. The minimum Gasteiger partial charge on any atom is -0.355 e. The summed E-state index contributed by atoms with van der Waals surface area (Å²) in [6.45, 7) is 2.73. The summed E-state index contributed by atoms with van der Waals surface area (Å²) in [4.78, 5) is 11.5. The number of amides is 1. The third-order valence-electron chi connectivity index (χ3n) is 3.07. The van der Waals surface area contributed by atoms with Gasteiger partial charge in [0, 0.05) is 13.0 Å². The van der Waals surface area contributed by atoms with Gasteiger partial charge in [-0.3, -0.25) is 4.79 Å². The van der Waals surface area contributed by atoms with E-state index < -0.39 is 0 Å². The number of alkyl halides is 1. The first-order valence-corrected chi connectivity index (χ1v) is 6.56. The van der Waals surface area contributed by atoms with E-state index in [1.54, 1.807) is 0 Å². The van der Waals surface area contributed by atoms with Crippen LogP contribution in [0.5, 0.6) is 0 Å². The normalized spacial score (nSPS) is 19.1. The molecule has 0 heterocycles. The van der Waals surface area contributed by atoms with Crippen LogP contribution < -0.4 is 5.32 Å². The van der Waals surface area contributed by atoms with E-state index in [1.807, 2.05) is 0 Å². The van der Waals surface area contributed by atoms with E-state index in [0.717, 1.165) is 12.8 Å². The van der Waals surface area contributed by atoms with Crippen LogP contribution in [-0.4, -0.2) is 17.8 Å². The highest BCUT2D eigenvalue weighted by Gasteiger charge is 2.18. The van der Waals surface area contributed by atoms with Gasteiger partial charge in [0.25, 0.3) is 0 Å². The Morgan fingerprint density at radius 3 is 2.73 bits per heavy atom. The molecule has 1 aliphatic rings. The second-order valence-electron chi connectivity index (χ2n) is 4.54.